The molecule has 0 spiro atoms. The van der Waals surface area contributed by atoms with Crippen molar-refractivity contribution in [3.8, 4) is 0 Å². The summed E-state index contributed by atoms with van der Waals surface area (Å²) < 4.78 is 41.4. The van der Waals surface area contributed by atoms with E-state index in [0.29, 0.717) is 18.2 Å². The maximum atomic E-state index is 12.0. The number of rotatable bonds is 7. The molecule has 4 nitrogen and oxygen atoms in total. The second-order valence-corrected chi connectivity index (χ2v) is 5.58. The van der Waals surface area contributed by atoms with E-state index >= 15 is 0 Å². The smallest absolute Gasteiger partial charge is 0.372 e. The molecule has 0 unspecified atom stereocenters. The molecule has 0 atom stereocenters. The Labute approximate surface area is 130 Å². The topological polar surface area (TPSA) is 47.0 Å². The summed E-state index contributed by atoms with van der Waals surface area (Å²) in [6.07, 6.45) is -4.07. The van der Waals surface area contributed by atoms with E-state index in [-0.39, 0.29) is 18.9 Å². The molecule has 0 aliphatic rings. The molecule has 0 saturated heterocycles. The van der Waals surface area contributed by atoms with Crippen molar-refractivity contribution in [3.05, 3.63) is 16.0 Å². The summed E-state index contributed by atoms with van der Waals surface area (Å²) in [5, 5.41) is 3.11. The summed E-state index contributed by atoms with van der Waals surface area (Å²) in [6, 6.07) is 0. The highest BCUT2D eigenvalue weighted by Crippen LogP contribution is 2.28. The number of hydrogen-bond donors (Lipinski definition) is 1. The average molecular weight is 370 g/mol. The number of anilines is 1. The van der Waals surface area contributed by atoms with E-state index in [1.54, 1.807) is 0 Å². The maximum absolute atomic E-state index is 12.0. The van der Waals surface area contributed by atoms with E-state index in [1.807, 2.05) is 20.8 Å². The van der Waals surface area contributed by atoms with Gasteiger partial charge in [-0.25, -0.2) is 9.97 Å². The predicted octanol–water partition coefficient (Wildman–Crippen LogP) is 3.92. The van der Waals surface area contributed by atoms with Crippen LogP contribution in [0.1, 0.15) is 38.2 Å². The fourth-order valence-corrected chi connectivity index (χ4v) is 2.42. The van der Waals surface area contributed by atoms with Crippen LogP contribution in [0.3, 0.4) is 0 Å². The van der Waals surface area contributed by atoms with Gasteiger partial charge in [-0.15, -0.1) is 0 Å². The van der Waals surface area contributed by atoms with Gasteiger partial charge in [0.15, 0.2) is 0 Å². The van der Waals surface area contributed by atoms with Crippen molar-refractivity contribution in [3.63, 3.8) is 0 Å². The lowest BCUT2D eigenvalue weighted by molar-refractivity contribution is -0.173. The van der Waals surface area contributed by atoms with Gasteiger partial charge in [0.2, 0.25) is 0 Å². The van der Waals surface area contributed by atoms with Gasteiger partial charge in [0, 0.05) is 13.0 Å². The molecule has 1 aromatic heterocycles. The average Bonchev–Trinajstić information content (AvgIpc) is 2.36. The van der Waals surface area contributed by atoms with E-state index in [9.17, 15) is 13.2 Å². The van der Waals surface area contributed by atoms with Gasteiger partial charge in [-0.3, -0.25) is 0 Å². The number of alkyl halides is 3. The summed E-state index contributed by atoms with van der Waals surface area (Å²) in [5.41, 5.74) is 0.826. The normalized spacial score (nSPS) is 12.0. The molecule has 8 heteroatoms. The lowest BCUT2D eigenvalue weighted by Gasteiger charge is -2.14. The molecule has 120 valence electrons. The lowest BCUT2D eigenvalue weighted by Crippen LogP contribution is -2.18. The maximum Gasteiger partial charge on any atom is 0.411 e. The van der Waals surface area contributed by atoms with Gasteiger partial charge in [-0.05, 0) is 28.8 Å². The molecule has 0 aliphatic carbocycles. The highest BCUT2D eigenvalue weighted by molar-refractivity contribution is 9.10. The van der Waals surface area contributed by atoms with E-state index < -0.39 is 12.8 Å². The monoisotopic (exact) mass is 369 g/mol. The van der Waals surface area contributed by atoms with Gasteiger partial charge in [0.05, 0.1) is 16.8 Å². The summed E-state index contributed by atoms with van der Waals surface area (Å²) in [6.45, 7) is 5.30. The molecule has 0 fully saturated rings. The van der Waals surface area contributed by atoms with E-state index in [2.05, 4.69) is 36.0 Å². The van der Waals surface area contributed by atoms with Gasteiger partial charge >= 0.3 is 6.18 Å². The van der Waals surface area contributed by atoms with Gasteiger partial charge in [0.1, 0.15) is 18.2 Å². The first-order chi connectivity index (χ1) is 9.74. The molecule has 0 saturated carbocycles. The van der Waals surface area contributed by atoms with E-state index in [4.69, 9.17) is 0 Å². The summed E-state index contributed by atoms with van der Waals surface area (Å²) in [4.78, 5) is 8.70. The molecule has 0 amide bonds. The van der Waals surface area contributed by atoms with Crippen molar-refractivity contribution in [1.29, 1.82) is 0 Å². The standard InChI is InChI=1S/C13H19BrF3N3O/c1-4-18-12-10(14)11(8(2)3)19-9(20-12)5-6-21-7-13(15,16)17/h8H,4-7H2,1-3H3,(H,18,19,20). The summed E-state index contributed by atoms with van der Waals surface area (Å²) >= 11 is 3.46. The van der Waals surface area contributed by atoms with Gasteiger partial charge in [0.25, 0.3) is 0 Å². The second-order valence-electron chi connectivity index (χ2n) is 4.79. The number of aromatic nitrogens is 2. The molecule has 0 bridgehead atoms. The summed E-state index contributed by atoms with van der Waals surface area (Å²) in [5.74, 6) is 1.30. The van der Waals surface area contributed by atoms with Gasteiger partial charge < -0.3 is 10.1 Å². The Morgan fingerprint density at radius 1 is 1.29 bits per heavy atom. The SMILES string of the molecule is CCNc1nc(CCOCC(F)(F)F)nc(C(C)C)c1Br. The van der Waals surface area contributed by atoms with Crippen LogP contribution in [0.2, 0.25) is 0 Å². The van der Waals surface area contributed by atoms with E-state index in [0.717, 1.165) is 10.2 Å². The first kappa shape index (κ1) is 18.2. The van der Waals surface area contributed by atoms with Gasteiger partial charge in [-0.1, -0.05) is 13.8 Å². The Morgan fingerprint density at radius 3 is 2.48 bits per heavy atom. The van der Waals surface area contributed by atoms with Crippen LogP contribution in [0.25, 0.3) is 0 Å². The molecule has 1 rings (SSSR count). The first-order valence-electron chi connectivity index (χ1n) is 6.69. The van der Waals surface area contributed by atoms with Crippen LogP contribution < -0.4 is 5.32 Å². The van der Waals surface area contributed by atoms with Crippen molar-refractivity contribution in [2.24, 2.45) is 0 Å². The number of nitrogens with zero attached hydrogens (tertiary/aromatic N) is 2. The molecule has 0 aliphatic heterocycles. The van der Waals surface area contributed by atoms with E-state index in [1.165, 1.54) is 0 Å². The molecule has 0 radical (unpaired) electrons. The summed E-state index contributed by atoms with van der Waals surface area (Å²) in [7, 11) is 0. The number of nitrogens with one attached hydrogen (secondary N) is 1. The molecular formula is C13H19BrF3N3O. The van der Waals surface area contributed by atoms with Crippen molar-refractivity contribution in [1.82, 2.24) is 9.97 Å². The van der Waals surface area contributed by atoms with Crippen LogP contribution in [-0.4, -0.2) is 35.9 Å². The Hall–Kier alpha value is -0.890. The molecule has 1 aromatic rings. The Kier molecular flexibility index (Phi) is 6.86. The number of hydrogen-bond acceptors (Lipinski definition) is 4. The zero-order valence-corrected chi connectivity index (χ0v) is 13.8. The van der Waals surface area contributed by atoms with Gasteiger partial charge in [-0.2, -0.15) is 13.2 Å². The molecule has 0 aromatic carbocycles. The quantitative estimate of drug-likeness (QED) is 0.740. The minimum atomic E-state index is -4.31. The molecular weight excluding hydrogens is 351 g/mol. The second kappa shape index (κ2) is 7.93. The number of halogens is 4. The Balaban J connectivity index is 2.77. The third-order valence-electron chi connectivity index (χ3n) is 2.55. The Morgan fingerprint density at radius 2 is 1.95 bits per heavy atom. The minimum absolute atomic E-state index is 0.0652. The Bertz CT molecular complexity index is 467. The fourth-order valence-electron chi connectivity index (χ4n) is 1.64. The highest BCUT2D eigenvalue weighted by atomic mass is 79.9. The van der Waals surface area contributed by atoms with Crippen molar-refractivity contribution in [2.75, 3.05) is 25.1 Å². The largest absolute Gasteiger partial charge is 0.411 e. The van der Waals surface area contributed by atoms with Crippen LogP contribution in [0, 0.1) is 0 Å². The van der Waals surface area contributed by atoms with Crippen LogP contribution in [0.15, 0.2) is 4.47 Å². The van der Waals surface area contributed by atoms with Crippen LogP contribution in [0.4, 0.5) is 19.0 Å². The number of ether oxygens (including phenoxy) is 1. The minimum Gasteiger partial charge on any atom is -0.372 e. The van der Waals surface area contributed by atoms with Crippen molar-refractivity contribution >= 4 is 21.7 Å². The predicted molar refractivity (Wildman–Crippen MR) is 78.6 cm³/mol. The molecule has 1 heterocycles. The zero-order chi connectivity index (χ0) is 16.0. The third-order valence-corrected chi connectivity index (χ3v) is 3.33. The lowest BCUT2D eigenvalue weighted by atomic mass is 10.1. The first-order valence-corrected chi connectivity index (χ1v) is 7.48. The van der Waals surface area contributed by atoms with Crippen LogP contribution in [0.5, 0.6) is 0 Å². The fraction of sp³-hybridized carbons (Fsp3) is 0.692. The van der Waals surface area contributed by atoms with Crippen molar-refractivity contribution in [2.45, 2.75) is 39.3 Å². The van der Waals surface area contributed by atoms with Crippen LogP contribution in [-0.2, 0) is 11.2 Å². The van der Waals surface area contributed by atoms with Crippen LogP contribution >= 0.6 is 15.9 Å². The highest BCUT2D eigenvalue weighted by Gasteiger charge is 2.27. The zero-order valence-electron chi connectivity index (χ0n) is 12.2. The molecule has 21 heavy (non-hydrogen) atoms. The third kappa shape index (κ3) is 6.17. The molecule has 1 N–H and O–H groups in total. The van der Waals surface area contributed by atoms with Crippen molar-refractivity contribution < 1.29 is 17.9 Å².